The second kappa shape index (κ2) is 8.39. The largest absolute Gasteiger partial charge is 0.495 e. The number of hydrogen-bond donors (Lipinski definition) is 2. The molecule has 0 aromatic heterocycles. The van der Waals surface area contributed by atoms with E-state index in [0.717, 1.165) is 5.56 Å². The normalized spacial score (nSPS) is 10.1. The van der Waals surface area contributed by atoms with Gasteiger partial charge in [0.05, 0.1) is 18.4 Å². The predicted octanol–water partition coefficient (Wildman–Crippen LogP) is 3.49. The lowest BCUT2D eigenvalue weighted by Crippen LogP contribution is -2.21. The van der Waals surface area contributed by atoms with Crippen LogP contribution in [0.2, 0.25) is 5.02 Å². The standard InChI is InChI=1S/C18H19ClN2O4/c1-11-8-15(16(24-3)9-13(11)19)21-17(22)10-25-18(23)12-6-4-5-7-14(12)20-2/h4-9,20H,10H2,1-3H3,(H,21,22). The van der Waals surface area contributed by atoms with Gasteiger partial charge in [-0.15, -0.1) is 0 Å². The zero-order chi connectivity index (χ0) is 18.4. The van der Waals surface area contributed by atoms with Gasteiger partial charge in [0.1, 0.15) is 5.75 Å². The van der Waals surface area contributed by atoms with Crippen molar-refractivity contribution in [3.05, 3.63) is 52.5 Å². The molecule has 132 valence electrons. The lowest BCUT2D eigenvalue weighted by molar-refractivity contribution is -0.119. The summed E-state index contributed by atoms with van der Waals surface area (Å²) >= 11 is 6.03. The van der Waals surface area contributed by atoms with Crippen molar-refractivity contribution in [3.8, 4) is 5.75 Å². The maximum absolute atomic E-state index is 12.1. The number of rotatable bonds is 6. The Bertz CT molecular complexity index is 793. The van der Waals surface area contributed by atoms with Crippen molar-refractivity contribution in [2.75, 3.05) is 31.4 Å². The van der Waals surface area contributed by atoms with Crippen LogP contribution in [-0.2, 0) is 9.53 Å². The minimum Gasteiger partial charge on any atom is -0.495 e. The van der Waals surface area contributed by atoms with Gasteiger partial charge in [-0.2, -0.15) is 0 Å². The van der Waals surface area contributed by atoms with Crippen molar-refractivity contribution in [2.24, 2.45) is 0 Å². The molecular formula is C18H19ClN2O4. The lowest BCUT2D eigenvalue weighted by Gasteiger charge is -2.13. The summed E-state index contributed by atoms with van der Waals surface area (Å²) in [5, 5.41) is 6.08. The molecule has 0 aliphatic heterocycles. The van der Waals surface area contributed by atoms with Gasteiger partial charge in [0.15, 0.2) is 6.61 Å². The van der Waals surface area contributed by atoms with Crippen LogP contribution in [-0.4, -0.2) is 32.6 Å². The average Bonchev–Trinajstić information content (AvgIpc) is 2.62. The molecule has 25 heavy (non-hydrogen) atoms. The van der Waals surface area contributed by atoms with E-state index in [2.05, 4.69) is 10.6 Å². The molecule has 2 aromatic carbocycles. The maximum atomic E-state index is 12.1. The molecule has 0 heterocycles. The smallest absolute Gasteiger partial charge is 0.340 e. The molecule has 0 radical (unpaired) electrons. The first-order valence-corrected chi connectivity index (χ1v) is 7.92. The van der Waals surface area contributed by atoms with Crippen molar-refractivity contribution in [1.29, 1.82) is 0 Å². The van der Waals surface area contributed by atoms with Gasteiger partial charge >= 0.3 is 5.97 Å². The number of aryl methyl sites for hydroxylation is 1. The third-order valence-corrected chi connectivity index (χ3v) is 3.91. The van der Waals surface area contributed by atoms with Gasteiger partial charge in [0.2, 0.25) is 0 Å². The van der Waals surface area contributed by atoms with Crippen LogP contribution in [0.5, 0.6) is 5.75 Å². The van der Waals surface area contributed by atoms with Gasteiger partial charge in [0, 0.05) is 23.8 Å². The van der Waals surface area contributed by atoms with Crippen molar-refractivity contribution in [1.82, 2.24) is 0 Å². The first kappa shape index (κ1) is 18.6. The van der Waals surface area contributed by atoms with E-state index in [0.29, 0.717) is 27.7 Å². The zero-order valence-corrected chi connectivity index (χ0v) is 14.9. The van der Waals surface area contributed by atoms with Gasteiger partial charge in [-0.3, -0.25) is 4.79 Å². The highest BCUT2D eigenvalue weighted by Gasteiger charge is 2.15. The fraction of sp³-hybridized carbons (Fsp3) is 0.222. The van der Waals surface area contributed by atoms with E-state index in [-0.39, 0.29) is 0 Å². The van der Waals surface area contributed by atoms with E-state index in [1.54, 1.807) is 43.4 Å². The SMILES string of the molecule is CNc1ccccc1C(=O)OCC(=O)Nc1cc(C)c(Cl)cc1OC. The molecular weight excluding hydrogens is 344 g/mol. The number of ether oxygens (including phenoxy) is 2. The molecule has 0 bridgehead atoms. The van der Waals surface area contributed by atoms with E-state index < -0.39 is 18.5 Å². The fourth-order valence-electron chi connectivity index (χ4n) is 2.20. The quantitative estimate of drug-likeness (QED) is 0.769. The highest BCUT2D eigenvalue weighted by molar-refractivity contribution is 6.31. The van der Waals surface area contributed by atoms with Crippen LogP contribution >= 0.6 is 11.6 Å². The number of hydrogen-bond acceptors (Lipinski definition) is 5. The summed E-state index contributed by atoms with van der Waals surface area (Å²) in [5.74, 6) is -0.634. The summed E-state index contributed by atoms with van der Waals surface area (Å²) in [5.41, 5.74) is 2.24. The van der Waals surface area contributed by atoms with E-state index >= 15 is 0 Å². The van der Waals surface area contributed by atoms with Gasteiger partial charge in [-0.05, 0) is 30.7 Å². The summed E-state index contributed by atoms with van der Waals surface area (Å²) < 4.78 is 10.3. The predicted molar refractivity (Wildman–Crippen MR) is 97.6 cm³/mol. The Morgan fingerprint density at radius 3 is 2.56 bits per heavy atom. The Hall–Kier alpha value is -2.73. The molecule has 1 amide bonds. The Morgan fingerprint density at radius 1 is 1.16 bits per heavy atom. The number of amides is 1. The minimum atomic E-state index is -0.584. The van der Waals surface area contributed by atoms with E-state index in [4.69, 9.17) is 21.1 Å². The number of carbonyl (C=O) groups excluding carboxylic acids is 2. The Morgan fingerprint density at radius 2 is 1.88 bits per heavy atom. The van der Waals surface area contributed by atoms with E-state index in [1.165, 1.54) is 7.11 Å². The summed E-state index contributed by atoms with van der Waals surface area (Å²) in [6.45, 7) is 1.40. The van der Waals surface area contributed by atoms with Crippen molar-refractivity contribution >= 4 is 34.9 Å². The van der Waals surface area contributed by atoms with Crippen LogP contribution in [0.1, 0.15) is 15.9 Å². The maximum Gasteiger partial charge on any atom is 0.340 e. The number of methoxy groups -OCH3 is 1. The van der Waals surface area contributed by atoms with Gasteiger partial charge in [0.25, 0.3) is 5.91 Å². The van der Waals surface area contributed by atoms with Crippen LogP contribution in [0.15, 0.2) is 36.4 Å². The minimum absolute atomic E-state index is 0.359. The van der Waals surface area contributed by atoms with Gasteiger partial charge in [-0.1, -0.05) is 23.7 Å². The number of nitrogens with one attached hydrogen (secondary N) is 2. The van der Waals surface area contributed by atoms with Crippen LogP contribution < -0.4 is 15.4 Å². The topological polar surface area (TPSA) is 76.7 Å². The number of para-hydroxylation sites is 1. The molecule has 7 heteroatoms. The second-order valence-corrected chi connectivity index (χ2v) is 5.63. The lowest BCUT2D eigenvalue weighted by atomic mass is 10.2. The van der Waals surface area contributed by atoms with Crippen molar-refractivity contribution < 1.29 is 19.1 Å². The number of carbonyl (C=O) groups is 2. The van der Waals surface area contributed by atoms with E-state index in [1.807, 2.05) is 6.92 Å². The first-order chi connectivity index (χ1) is 12.0. The van der Waals surface area contributed by atoms with E-state index in [9.17, 15) is 9.59 Å². The molecule has 2 aromatic rings. The average molecular weight is 363 g/mol. The molecule has 0 aliphatic rings. The third-order valence-electron chi connectivity index (χ3n) is 3.51. The Kier molecular flexibility index (Phi) is 6.25. The highest BCUT2D eigenvalue weighted by Crippen LogP contribution is 2.30. The number of halogens is 1. The molecule has 6 nitrogen and oxygen atoms in total. The van der Waals surface area contributed by atoms with Gasteiger partial charge < -0.3 is 20.1 Å². The number of anilines is 2. The number of esters is 1. The second-order valence-electron chi connectivity index (χ2n) is 5.22. The molecule has 0 unspecified atom stereocenters. The summed E-state index contributed by atoms with van der Waals surface area (Å²) in [7, 11) is 3.18. The molecule has 0 spiro atoms. The van der Waals surface area contributed by atoms with Crippen LogP contribution in [0.25, 0.3) is 0 Å². The van der Waals surface area contributed by atoms with Crippen molar-refractivity contribution in [3.63, 3.8) is 0 Å². The molecule has 0 saturated carbocycles. The monoisotopic (exact) mass is 362 g/mol. The molecule has 2 rings (SSSR count). The summed E-state index contributed by atoms with van der Waals surface area (Å²) in [4.78, 5) is 24.2. The highest BCUT2D eigenvalue weighted by atomic mass is 35.5. The molecule has 0 aliphatic carbocycles. The zero-order valence-electron chi connectivity index (χ0n) is 14.2. The Labute approximate surface area is 151 Å². The first-order valence-electron chi connectivity index (χ1n) is 7.54. The molecule has 0 atom stereocenters. The molecule has 0 fully saturated rings. The summed E-state index contributed by atoms with van der Waals surface area (Å²) in [6.07, 6.45) is 0. The Balaban J connectivity index is 2.02. The van der Waals surface area contributed by atoms with Crippen molar-refractivity contribution in [2.45, 2.75) is 6.92 Å². The van der Waals surface area contributed by atoms with Crippen LogP contribution in [0, 0.1) is 6.92 Å². The molecule has 0 saturated heterocycles. The van der Waals surface area contributed by atoms with Gasteiger partial charge in [-0.25, -0.2) is 4.79 Å². The summed E-state index contributed by atoms with van der Waals surface area (Å²) in [6, 6.07) is 10.2. The number of benzene rings is 2. The van der Waals surface area contributed by atoms with Crippen LogP contribution in [0.4, 0.5) is 11.4 Å². The third kappa shape index (κ3) is 4.64. The molecule has 2 N–H and O–H groups in total. The fourth-order valence-corrected chi connectivity index (χ4v) is 2.36. The van der Waals surface area contributed by atoms with Crippen LogP contribution in [0.3, 0.4) is 0 Å².